The molecule has 1 aromatic rings. The Hall–Kier alpha value is -0.445. The lowest BCUT2D eigenvalue weighted by Crippen LogP contribution is -2.39. The Morgan fingerprint density at radius 1 is 1.07 bits per heavy atom. The maximum Gasteiger partial charge on any atom is 0.495 e. The zero-order chi connectivity index (χ0) is 11.1. The first-order valence-electron chi connectivity index (χ1n) is 5.05. The SMILES string of the molecule is CC1(C)OB(c2ccccc2)OC1(C)S. The number of thiol groups is 1. The Morgan fingerprint density at radius 3 is 2.13 bits per heavy atom. The van der Waals surface area contributed by atoms with Gasteiger partial charge in [-0.15, -0.1) is 12.6 Å². The van der Waals surface area contributed by atoms with Crippen LogP contribution in [0.25, 0.3) is 0 Å². The van der Waals surface area contributed by atoms with Gasteiger partial charge < -0.3 is 9.31 Å². The summed E-state index contributed by atoms with van der Waals surface area (Å²) in [7, 11) is -0.316. The minimum atomic E-state index is -0.562. The van der Waals surface area contributed by atoms with E-state index in [0.717, 1.165) is 5.46 Å². The minimum absolute atomic E-state index is 0.316. The fraction of sp³-hybridized carbons (Fsp3) is 0.455. The molecule has 15 heavy (non-hydrogen) atoms. The molecule has 1 fully saturated rings. The predicted octanol–water partition coefficient (Wildman–Crippen LogP) is 1.85. The van der Waals surface area contributed by atoms with Crippen LogP contribution in [0.15, 0.2) is 30.3 Å². The smallest absolute Gasteiger partial charge is 0.398 e. The van der Waals surface area contributed by atoms with Crippen LogP contribution in [0.1, 0.15) is 20.8 Å². The van der Waals surface area contributed by atoms with Crippen molar-refractivity contribution in [3.63, 3.8) is 0 Å². The fourth-order valence-corrected chi connectivity index (χ4v) is 1.65. The normalized spacial score (nSPS) is 29.5. The van der Waals surface area contributed by atoms with Gasteiger partial charge in [-0.05, 0) is 26.2 Å². The molecular formula is C11H15BO2S. The highest BCUT2D eigenvalue weighted by Crippen LogP contribution is 2.39. The zero-order valence-corrected chi connectivity index (χ0v) is 10.1. The maximum absolute atomic E-state index is 5.85. The second-order valence-electron chi connectivity index (χ2n) is 4.47. The van der Waals surface area contributed by atoms with Gasteiger partial charge in [0.2, 0.25) is 0 Å². The molecule has 0 aromatic heterocycles. The van der Waals surface area contributed by atoms with E-state index >= 15 is 0 Å². The Morgan fingerprint density at radius 2 is 1.67 bits per heavy atom. The molecular weight excluding hydrogens is 207 g/mol. The van der Waals surface area contributed by atoms with E-state index < -0.39 is 10.5 Å². The molecule has 0 saturated carbocycles. The Balaban J connectivity index is 2.24. The van der Waals surface area contributed by atoms with Crippen LogP contribution in [0.2, 0.25) is 0 Å². The second-order valence-corrected chi connectivity index (χ2v) is 5.32. The molecule has 0 spiro atoms. The van der Waals surface area contributed by atoms with Gasteiger partial charge in [0.15, 0.2) is 0 Å². The molecule has 80 valence electrons. The van der Waals surface area contributed by atoms with Crippen molar-refractivity contribution < 1.29 is 9.31 Å². The van der Waals surface area contributed by atoms with Crippen LogP contribution in [0, 0.1) is 0 Å². The molecule has 1 aliphatic rings. The predicted molar refractivity (Wildman–Crippen MR) is 65.5 cm³/mol. The van der Waals surface area contributed by atoms with Gasteiger partial charge in [-0.3, -0.25) is 0 Å². The average molecular weight is 222 g/mol. The largest absolute Gasteiger partial charge is 0.495 e. The maximum atomic E-state index is 5.85. The molecule has 0 N–H and O–H groups in total. The van der Waals surface area contributed by atoms with Crippen LogP contribution in [-0.4, -0.2) is 17.7 Å². The molecule has 2 rings (SSSR count). The second kappa shape index (κ2) is 3.54. The third-order valence-corrected chi connectivity index (χ3v) is 3.57. The van der Waals surface area contributed by atoms with Gasteiger partial charge >= 0.3 is 7.12 Å². The van der Waals surface area contributed by atoms with E-state index in [1.54, 1.807) is 0 Å². The highest BCUT2D eigenvalue weighted by Gasteiger charge is 2.52. The summed E-state index contributed by atoms with van der Waals surface area (Å²) >= 11 is 4.49. The van der Waals surface area contributed by atoms with Crippen LogP contribution in [0.4, 0.5) is 0 Å². The van der Waals surface area contributed by atoms with Crippen molar-refractivity contribution in [2.24, 2.45) is 0 Å². The first kappa shape index (κ1) is 11.1. The van der Waals surface area contributed by atoms with Gasteiger partial charge in [-0.25, -0.2) is 0 Å². The third-order valence-electron chi connectivity index (χ3n) is 2.93. The Kier molecular flexibility index (Phi) is 2.61. The van der Waals surface area contributed by atoms with E-state index in [0.29, 0.717) is 0 Å². The molecule has 1 unspecified atom stereocenters. The summed E-state index contributed by atoms with van der Waals surface area (Å²) in [5, 5.41) is 0. The van der Waals surface area contributed by atoms with Gasteiger partial charge in [-0.1, -0.05) is 30.3 Å². The number of hydrogen-bond acceptors (Lipinski definition) is 3. The number of hydrogen-bond donors (Lipinski definition) is 1. The Labute approximate surface area is 96.5 Å². The molecule has 1 atom stereocenters. The van der Waals surface area contributed by atoms with E-state index in [9.17, 15) is 0 Å². The van der Waals surface area contributed by atoms with Crippen molar-refractivity contribution in [2.75, 3.05) is 0 Å². The average Bonchev–Trinajstić information content (AvgIpc) is 2.38. The lowest BCUT2D eigenvalue weighted by molar-refractivity contribution is 0.0619. The van der Waals surface area contributed by atoms with Gasteiger partial charge in [0.1, 0.15) is 4.93 Å². The summed E-state index contributed by atoms with van der Waals surface area (Å²) in [5.41, 5.74) is 0.639. The number of rotatable bonds is 1. The van der Waals surface area contributed by atoms with Crippen LogP contribution in [0.5, 0.6) is 0 Å². The fourth-order valence-electron chi connectivity index (χ4n) is 1.50. The molecule has 4 heteroatoms. The van der Waals surface area contributed by atoms with Crippen LogP contribution in [-0.2, 0) is 9.31 Å². The van der Waals surface area contributed by atoms with Crippen molar-refractivity contribution in [2.45, 2.75) is 31.3 Å². The number of benzene rings is 1. The van der Waals surface area contributed by atoms with Crippen LogP contribution < -0.4 is 5.46 Å². The van der Waals surface area contributed by atoms with E-state index in [1.807, 2.05) is 51.1 Å². The minimum Gasteiger partial charge on any atom is -0.398 e. The van der Waals surface area contributed by atoms with E-state index in [2.05, 4.69) is 12.6 Å². The first-order valence-corrected chi connectivity index (χ1v) is 5.50. The highest BCUT2D eigenvalue weighted by atomic mass is 32.1. The molecule has 2 nitrogen and oxygen atoms in total. The lowest BCUT2D eigenvalue weighted by Gasteiger charge is -2.31. The molecule has 0 aliphatic carbocycles. The monoisotopic (exact) mass is 222 g/mol. The van der Waals surface area contributed by atoms with Crippen molar-refractivity contribution in [3.05, 3.63) is 30.3 Å². The molecule has 1 heterocycles. The van der Waals surface area contributed by atoms with Crippen LogP contribution in [0.3, 0.4) is 0 Å². The topological polar surface area (TPSA) is 18.5 Å². The zero-order valence-electron chi connectivity index (χ0n) is 9.23. The highest BCUT2D eigenvalue weighted by molar-refractivity contribution is 7.81. The summed E-state index contributed by atoms with van der Waals surface area (Å²) < 4.78 is 11.6. The van der Waals surface area contributed by atoms with Crippen molar-refractivity contribution in [1.29, 1.82) is 0 Å². The lowest BCUT2D eigenvalue weighted by atomic mass is 9.79. The standard InChI is InChI=1S/C11H15BO2S/c1-10(2)11(3,15)14-12(13-10)9-7-5-4-6-8-9/h4-8,15H,1-3H3. The van der Waals surface area contributed by atoms with E-state index in [4.69, 9.17) is 9.31 Å². The van der Waals surface area contributed by atoms with E-state index in [-0.39, 0.29) is 7.12 Å². The molecule has 0 bridgehead atoms. The van der Waals surface area contributed by atoms with Gasteiger partial charge in [0, 0.05) is 0 Å². The van der Waals surface area contributed by atoms with Gasteiger partial charge in [-0.2, -0.15) is 0 Å². The van der Waals surface area contributed by atoms with Crippen molar-refractivity contribution >= 4 is 25.2 Å². The van der Waals surface area contributed by atoms with Gasteiger partial charge in [0.25, 0.3) is 0 Å². The van der Waals surface area contributed by atoms with E-state index in [1.165, 1.54) is 0 Å². The molecule has 1 saturated heterocycles. The summed E-state index contributed by atoms with van der Waals surface area (Å²) in [6.07, 6.45) is 0. The third kappa shape index (κ3) is 1.94. The van der Waals surface area contributed by atoms with Crippen molar-refractivity contribution in [3.8, 4) is 0 Å². The summed E-state index contributed by atoms with van der Waals surface area (Å²) in [5.74, 6) is 0. The summed E-state index contributed by atoms with van der Waals surface area (Å²) in [4.78, 5) is -0.562. The summed E-state index contributed by atoms with van der Waals surface area (Å²) in [6, 6.07) is 9.92. The molecule has 0 radical (unpaired) electrons. The Bertz CT molecular complexity index is 335. The quantitative estimate of drug-likeness (QED) is 0.577. The van der Waals surface area contributed by atoms with Crippen molar-refractivity contribution in [1.82, 2.24) is 0 Å². The van der Waals surface area contributed by atoms with Crippen LogP contribution >= 0.6 is 12.6 Å². The molecule has 1 aliphatic heterocycles. The first-order chi connectivity index (χ1) is 6.92. The summed E-state index contributed by atoms with van der Waals surface area (Å²) in [6.45, 7) is 5.91. The molecule has 1 aromatic carbocycles. The molecule has 0 amide bonds. The van der Waals surface area contributed by atoms with Gasteiger partial charge in [0.05, 0.1) is 5.60 Å².